The second-order valence-electron chi connectivity index (χ2n) is 8.16. The van der Waals surface area contributed by atoms with Crippen LogP contribution in [0.25, 0.3) is 0 Å². The average Bonchev–Trinajstić information content (AvgIpc) is 2.82. The molecule has 1 aromatic heterocycles. The monoisotopic (exact) mass is 480 g/mol. The third-order valence-corrected chi connectivity index (χ3v) is 6.09. The molecule has 6 N–H and O–H groups in total. The highest BCUT2D eigenvalue weighted by Crippen LogP contribution is 2.35. The third kappa shape index (κ3) is 5.11. The molecular formula is C24H25ClN6O3. The van der Waals surface area contributed by atoms with Crippen LogP contribution in [-0.2, 0) is 22.4 Å². The number of nitrogen functional groups attached to an aromatic ring is 1. The van der Waals surface area contributed by atoms with Gasteiger partial charge < -0.3 is 26.8 Å². The van der Waals surface area contributed by atoms with Crippen molar-refractivity contribution < 1.29 is 14.7 Å². The molecule has 0 radical (unpaired) electrons. The minimum absolute atomic E-state index is 0.0144. The molecule has 0 spiro atoms. The maximum atomic E-state index is 13.0. The number of carbonyl (C=O) groups excluding carboxylic acids is 1. The second-order valence-corrected chi connectivity index (χ2v) is 8.52. The van der Waals surface area contributed by atoms with E-state index in [0.29, 0.717) is 24.5 Å². The molecule has 1 aliphatic heterocycles. The van der Waals surface area contributed by atoms with Crippen molar-refractivity contribution in [2.75, 3.05) is 22.9 Å². The van der Waals surface area contributed by atoms with E-state index in [4.69, 9.17) is 22.4 Å². The second kappa shape index (κ2) is 10.1. The minimum atomic E-state index is -0.859. The van der Waals surface area contributed by atoms with Crippen LogP contribution < -0.4 is 21.7 Å². The van der Waals surface area contributed by atoms with Gasteiger partial charge in [0, 0.05) is 0 Å². The molecule has 2 aromatic carbocycles. The zero-order valence-electron chi connectivity index (χ0n) is 18.5. The lowest BCUT2D eigenvalue weighted by Crippen LogP contribution is -2.48. The SMILES string of the molecule is Cc1ccc(CCN[C@H](c2ccccc2)[C@@H]2Nc3nnc(Cl)c(N)c3NC2=O)cc1CC(=O)O. The van der Waals surface area contributed by atoms with Crippen LogP contribution in [0.15, 0.2) is 48.5 Å². The number of rotatable bonds is 8. The number of aliphatic carboxylic acids is 1. The molecule has 0 fully saturated rings. The number of fused-ring (bicyclic) bond motifs is 1. The first-order valence-electron chi connectivity index (χ1n) is 10.8. The molecule has 10 heteroatoms. The fourth-order valence-corrected chi connectivity index (χ4v) is 4.13. The molecule has 1 aliphatic rings. The molecule has 0 aliphatic carbocycles. The Balaban J connectivity index is 1.53. The predicted molar refractivity (Wildman–Crippen MR) is 131 cm³/mol. The smallest absolute Gasteiger partial charge is 0.307 e. The van der Waals surface area contributed by atoms with Gasteiger partial charge in [-0.3, -0.25) is 9.59 Å². The summed E-state index contributed by atoms with van der Waals surface area (Å²) in [5, 5.41) is 26.5. The molecule has 3 aromatic rings. The summed E-state index contributed by atoms with van der Waals surface area (Å²) in [6.45, 7) is 2.46. The number of carbonyl (C=O) groups is 2. The van der Waals surface area contributed by atoms with Crippen LogP contribution in [-0.4, -0.2) is 39.8 Å². The molecule has 1 amide bonds. The van der Waals surface area contributed by atoms with Gasteiger partial charge in [-0.2, -0.15) is 0 Å². The van der Waals surface area contributed by atoms with Crippen molar-refractivity contribution in [3.05, 3.63) is 75.9 Å². The van der Waals surface area contributed by atoms with E-state index in [1.807, 2.05) is 55.5 Å². The summed E-state index contributed by atoms with van der Waals surface area (Å²) >= 11 is 5.94. The highest BCUT2D eigenvalue weighted by Gasteiger charge is 2.35. The molecule has 9 nitrogen and oxygen atoms in total. The number of benzene rings is 2. The first-order chi connectivity index (χ1) is 16.3. The number of hydrogen-bond donors (Lipinski definition) is 5. The number of nitrogens with two attached hydrogens (primary N) is 1. The number of nitrogens with one attached hydrogen (secondary N) is 3. The summed E-state index contributed by atoms with van der Waals surface area (Å²) in [4.78, 5) is 24.2. The largest absolute Gasteiger partial charge is 0.481 e. The summed E-state index contributed by atoms with van der Waals surface area (Å²) in [6.07, 6.45) is 0.642. The Labute approximate surface area is 201 Å². The van der Waals surface area contributed by atoms with Crippen LogP contribution in [0.2, 0.25) is 5.15 Å². The van der Waals surface area contributed by atoms with E-state index in [1.54, 1.807) is 0 Å². The lowest BCUT2D eigenvalue weighted by atomic mass is 9.96. The Morgan fingerprint density at radius 2 is 2.00 bits per heavy atom. The number of hydrogen-bond acceptors (Lipinski definition) is 7. The summed E-state index contributed by atoms with van der Waals surface area (Å²) in [5.41, 5.74) is 10.1. The Bertz CT molecular complexity index is 1220. The molecule has 2 atom stereocenters. The van der Waals surface area contributed by atoms with Crippen molar-refractivity contribution in [2.24, 2.45) is 0 Å². The number of amides is 1. The van der Waals surface area contributed by atoms with Crippen LogP contribution >= 0.6 is 11.6 Å². The van der Waals surface area contributed by atoms with E-state index in [0.717, 1.165) is 22.3 Å². The number of carboxylic acids is 1. The number of aryl methyl sites for hydroxylation is 1. The number of anilines is 3. The molecule has 0 bridgehead atoms. The lowest BCUT2D eigenvalue weighted by Gasteiger charge is -2.33. The van der Waals surface area contributed by atoms with E-state index in [2.05, 4.69) is 26.1 Å². The Kier molecular flexibility index (Phi) is 6.95. The molecule has 0 unspecified atom stereocenters. The zero-order chi connectivity index (χ0) is 24.2. The Morgan fingerprint density at radius 1 is 1.24 bits per heavy atom. The Morgan fingerprint density at radius 3 is 2.74 bits per heavy atom. The summed E-state index contributed by atoms with van der Waals surface area (Å²) < 4.78 is 0. The first kappa shape index (κ1) is 23.5. The normalized spacial score (nSPS) is 15.7. The van der Waals surface area contributed by atoms with Gasteiger partial charge >= 0.3 is 5.97 Å². The molecule has 2 heterocycles. The fraction of sp³-hybridized carbons (Fsp3) is 0.250. The standard InChI is InChI=1S/C24H25ClN6O3/c1-13-7-8-14(11-16(13)12-17(32)33)9-10-27-19(15-5-3-2-4-6-15)21-24(34)29-20-18(26)22(25)30-31-23(20)28-21/h2-8,11,19,21,27H,9-10,12H2,1H3,(H,29,34)(H,32,33)(H3,26,28,31)/t19-,21+/m1/s1. The van der Waals surface area contributed by atoms with Crippen LogP contribution in [0, 0.1) is 6.92 Å². The van der Waals surface area contributed by atoms with Crippen LogP contribution in [0.3, 0.4) is 0 Å². The molecular weight excluding hydrogens is 456 g/mol. The van der Waals surface area contributed by atoms with E-state index < -0.39 is 12.0 Å². The maximum absolute atomic E-state index is 13.0. The van der Waals surface area contributed by atoms with Gasteiger partial charge in [-0.05, 0) is 42.1 Å². The minimum Gasteiger partial charge on any atom is -0.481 e. The fourth-order valence-electron chi connectivity index (χ4n) is 4.00. The van der Waals surface area contributed by atoms with E-state index in [1.165, 1.54) is 0 Å². The number of aromatic nitrogens is 2. The van der Waals surface area contributed by atoms with Crippen molar-refractivity contribution in [2.45, 2.75) is 31.8 Å². The number of nitrogens with zero attached hydrogens (tertiary/aromatic N) is 2. The highest BCUT2D eigenvalue weighted by atomic mass is 35.5. The van der Waals surface area contributed by atoms with Crippen molar-refractivity contribution >= 4 is 40.7 Å². The number of halogens is 1. The van der Waals surface area contributed by atoms with Gasteiger partial charge in [0.15, 0.2) is 11.0 Å². The van der Waals surface area contributed by atoms with E-state index >= 15 is 0 Å². The van der Waals surface area contributed by atoms with Gasteiger partial charge in [0.05, 0.1) is 18.2 Å². The molecule has 4 rings (SSSR count). The predicted octanol–water partition coefficient (Wildman–Crippen LogP) is 2.95. The molecule has 176 valence electrons. The average molecular weight is 481 g/mol. The first-order valence-corrected chi connectivity index (χ1v) is 11.2. The lowest BCUT2D eigenvalue weighted by molar-refractivity contribution is -0.136. The summed E-state index contributed by atoms with van der Waals surface area (Å²) in [7, 11) is 0. The van der Waals surface area contributed by atoms with Gasteiger partial charge in [-0.15, -0.1) is 10.2 Å². The summed E-state index contributed by atoms with van der Waals surface area (Å²) in [6, 6.07) is 14.4. The van der Waals surface area contributed by atoms with Gasteiger partial charge in [0.1, 0.15) is 11.7 Å². The third-order valence-electron chi connectivity index (χ3n) is 5.81. The van der Waals surface area contributed by atoms with Crippen molar-refractivity contribution in [1.82, 2.24) is 15.5 Å². The van der Waals surface area contributed by atoms with Gasteiger partial charge in [0.2, 0.25) is 5.91 Å². The van der Waals surface area contributed by atoms with Crippen molar-refractivity contribution in [3.8, 4) is 0 Å². The number of carboxylic acid groups (broad SMARTS) is 1. The highest BCUT2D eigenvalue weighted by molar-refractivity contribution is 6.33. The van der Waals surface area contributed by atoms with E-state index in [9.17, 15) is 9.59 Å². The molecule has 34 heavy (non-hydrogen) atoms. The zero-order valence-corrected chi connectivity index (χ0v) is 19.3. The molecule has 0 saturated heterocycles. The summed E-state index contributed by atoms with van der Waals surface area (Å²) in [5.74, 6) is -0.781. The topological polar surface area (TPSA) is 142 Å². The van der Waals surface area contributed by atoms with E-state index in [-0.39, 0.29) is 29.2 Å². The van der Waals surface area contributed by atoms with Gasteiger partial charge in [-0.25, -0.2) is 0 Å². The molecule has 0 saturated carbocycles. The van der Waals surface area contributed by atoms with Crippen molar-refractivity contribution in [1.29, 1.82) is 0 Å². The van der Waals surface area contributed by atoms with Crippen molar-refractivity contribution in [3.63, 3.8) is 0 Å². The van der Waals surface area contributed by atoms with Gasteiger partial charge in [0.25, 0.3) is 0 Å². The van der Waals surface area contributed by atoms with Crippen LogP contribution in [0.5, 0.6) is 0 Å². The quantitative estimate of drug-likeness (QED) is 0.331. The van der Waals surface area contributed by atoms with Crippen LogP contribution in [0.1, 0.15) is 28.3 Å². The van der Waals surface area contributed by atoms with Gasteiger partial charge in [-0.1, -0.05) is 60.1 Å². The Hall–Kier alpha value is -3.69. The van der Waals surface area contributed by atoms with Crippen LogP contribution in [0.4, 0.5) is 17.2 Å². The maximum Gasteiger partial charge on any atom is 0.307 e.